The summed E-state index contributed by atoms with van der Waals surface area (Å²) in [4.78, 5) is 12.8. The highest BCUT2D eigenvalue weighted by molar-refractivity contribution is 7.92. The van der Waals surface area contributed by atoms with Crippen LogP contribution < -0.4 is 14.4 Å². The number of hydrogen-bond donors (Lipinski definition) is 1. The molecule has 1 N–H and O–H groups in total. The minimum atomic E-state index is -3.36. The lowest BCUT2D eigenvalue weighted by atomic mass is 10.0. The molecule has 0 saturated carbocycles. The van der Waals surface area contributed by atoms with Crippen molar-refractivity contribution in [1.29, 1.82) is 0 Å². The predicted molar refractivity (Wildman–Crippen MR) is 113 cm³/mol. The van der Waals surface area contributed by atoms with E-state index in [0.717, 1.165) is 29.6 Å². The number of nitrogens with one attached hydrogen (secondary N) is 1. The highest BCUT2D eigenvalue weighted by Crippen LogP contribution is 2.26. The van der Waals surface area contributed by atoms with Crippen molar-refractivity contribution in [3.63, 3.8) is 0 Å². The molecule has 28 heavy (non-hydrogen) atoms. The van der Waals surface area contributed by atoms with Crippen LogP contribution in [0.25, 0.3) is 0 Å². The number of carbonyl (C=O) groups is 1. The first-order valence-electron chi connectivity index (χ1n) is 9.08. The summed E-state index contributed by atoms with van der Waals surface area (Å²) in [6.45, 7) is 5.77. The maximum atomic E-state index is 12.8. The summed E-state index contributed by atoms with van der Waals surface area (Å²) in [5, 5.41) is 3.06. The van der Waals surface area contributed by atoms with E-state index in [1.54, 1.807) is 32.2 Å². The molecule has 1 amide bonds. The average molecular weight is 405 g/mol. The molecule has 0 heterocycles. The van der Waals surface area contributed by atoms with Crippen LogP contribution in [0.1, 0.15) is 46.4 Å². The van der Waals surface area contributed by atoms with Crippen molar-refractivity contribution in [2.24, 2.45) is 0 Å². The van der Waals surface area contributed by atoms with Gasteiger partial charge in [-0.3, -0.25) is 9.10 Å². The van der Waals surface area contributed by atoms with Crippen molar-refractivity contribution in [1.82, 2.24) is 5.32 Å². The summed E-state index contributed by atoms with van der Waals surface area (Å²) in [6, 6.07) is 10.8. The smallest absolute Gasteiger partial charge is 0.251 e. The number of nitrogens with zero attached hydrogens (tertiary/aromatic N) is 1. The molecule has 0 bridgehead atoms. The highest BCUT2D eigenvalue weighted by atomic mass is 32.2. The molecule has 0 aromatic heterocycles. The van der Waals surface area contributed by atoms with E-state index in [1.807, 2.05) is 32.0 Å². The molecule has 1 atom stereocenters. The Morgan fingerprint density at radius 2 is 1.82 bits per heavy atom. The first-order valence-corrected chi connectivity index (χ1v) is 10.9. The van der Waals surface area contributed by atoms with Gasteiger partial charge in [0.2, 0.25) is 10.0 Å². The van der Waals surface area contributed by atoms with Crippen LogP contribution in [0.2, 0.25) is 0 Å². The summed E-state index contributed by atoms with van der Waals surface area (Å²) >= 11 is 0. The maximum absolute atomic E-state index is 12.8. The Hall–Kier alpha value is -2.54. The molecular formula is C21H28N2O4S. The second-order valence-corrected chi connectivity index (χ2v) is 8.91. The van der Waals surface area contributed by atoms with Crippen LogP contribution in [0.5, 0.6) is 5.75 Å². The molecule has 0 aliphatic rings. The summed E-state index contributed by atoms with van der Waals surface area (Å²) in [5.74, 6) is 0.614. The normalized spacial score (nSPS) is 12.4. The minimum Gasteiger partial charge on any atom is -0.496 e. The number of carbonyl (C=O) groups excluding carboxylic acids is 1. The van der Waals surface area contributed by atoms with Gasteiger partial charge in [-0.05, 0) is 61.2 Å². The number of methoxy groups -OCH3 is 1. The van der Waals surface area contributed by atoms with Crippen molar-refractivity contribution >= 4 is 21.6 Å². The Balaban J connectivity index is 2.23. The molecule has 2 rings (SSSR count). The van der Waals surface area contributed by atoms with Crippen LogP contribution in [0.3, 0.4) is 0 Å². The van der Waals surface area contributed by atoms with Crippen molar-refractivity contribution in [2.75, 3.05) is 24.7 Å². The first-order chi connectivity index (χ1) is 13.1. The van der Waals surface area contributed by atoms with Crippen LogP contribution in [0.15, 0.2) is 36.4 Å². The predicted octanol–water partition coefficient (Wildman–Crippen LogP) is 3.59. The van der Waals surface area contributed by atoms with Gasteiger partial charge >= 0.3 is 0 Å². The second-order valence-electron chi connectivity index (χ2n) is 6.90. The SMILES string of the molecule is CCC(NC(=O)c1ccc(N(C)S(C)(=O)=O)c(C)c1)c1ccc(OC)c(C)c1. The summed E-state index contributed by atoms with van der Waals surface area (Å²) in [6.07, 6.45) is 1.89. The molecule has 0 aliphatic carbocycles. The van der Waals surface area contributed by atoms with Gasteiger partial charge in [-0.1, -0.05) is 19.1 Å². The van der Waals surface area contributed by atoms with E-state index in [9.17, 15) is 13.2 Å². The van der Waals surface area contributed by atoms with Crippen LogP contribution in [0.4, 0.5) is 5.69 Å². The van der Waals surface area contributed by atoms with Crippen molar-refractivity contribution in [3.8, 4) is 5.75 Å². The van der Waals surface area contributed by atoms with E-state index in [-0.39, 0.29) is 11.9 Å². The fraction of sp³-hybridized carbons (Fsp3) is 0.381. The Labute approximate surface area is 167 Å². The van der Waals surface area contributed by atoms with Gasteiger partial charge in [0.25, 0.3) is 5.91 Å². The third kappa shape index (κ3) is 4.84. The van der Waals surface area contributed by atoms with Crippen molar-refractivity contribution < 1.29 is 17.9 Å². The van der Waals surface area contributed by atoms with Crippen LogP contribution in [-0.2, 0) is 10.0 Å². The lowest BCUT2D eigenvalue weighted by Crippen LogP contribution is -2.29. The van der Waals surface area contributed by atoms with Crippen molar-refractivity contribution in [2.45, 2.75) is 33.2 Å². The average Bonchev–Trinajstić information content (AvgIpc) is 2.64. The third-order valence-electron chi connectivity index (χ3n) is 4.83. The second kappa shape index (κ2) is 8.65. The van der Waals surface area contributed by atoms with E-state index in [1.165, 1.54) is 11.4 Å². The number of anilines is 1. The quantitative estimate of drug-likeness (QED) is 0.765. The zero-order valence-corrected chi connectivity index (χ0v) is 18.1. The summed E-state index contributed by atoms with van der Waals surface area (Å²) in [5.41, 5.74) is 3.79. The van der Waals surface area contributed by atoms with E-state index >= 15 is 0 Å². The monoisotopic (exact) mass is 404 g/mol. The number of aryl methyl sites for hydroxylation is 2. The lowest BCUT2D eigenvalue weighted by molar-refractivity contribution is 0.0935. The van der Waals surface area contributed by atoms with Crippen LogP contribution >= 0.6 is 0 Å². The molecule has 0 spiro atoms. The summed E-state index contributed by atoms with van der Waals surface area (Å²) in [7, 11) is -0.228. The highest BCUT2D eigenvalue weighted by Gasteiger charge is 2.18. The Morgan fingerprint density at radius 1 is 1.14 bits per heavy atom. The van der Waals surface area contributed by atoms with Gasteiger partial charge in [0, 0.05) is 12.6 Å². The van der Waals surface area contributed by atoms with E-state index < -0.39 is 10.0 Å². The fourth-order valence-electron chi connectivity index (χ4n) is 3.11. The zero-order valence-electron chi connectivity index (χ0n) is 17.2. The van der Waals surface area contributed by atoms with Crippen LogP contribution in [0, 0.1) is 13.8 Å². The number of sulfonamides is 1. The lowest BCUT2D eigenvalue weighted by Gasteiger charge is -2.21. The molecule has 0 saturated heterocycles. The van der Waals surface area contributed by atoms with Gasteiger partial charge in [-0.2, -0.15) is 0 Å². The standard InChI is InChI=1S/C21H28N2O4S/c1-7-18(16-9-11-20(27-5)15(3)13-16)22-21(24)17-8-10-19(14(2)12-17)23(4)28(6,25)26/h8-13,18H,7H2,1-6H3,(H,22,24). The molecule has 6 nitrogen and oxygen atoms in total. The number of hydrogen-bond acceptors (Lipinski definition) is 4. The molecule has 0 radical (unpaired) electrons. The summed E-state index contributed by atoms with van der Waals surface area (Å²) < 4.78 is 30.0. The molecule has 1 unspecified atom stereocenters. The fourth-order valence-corrected chi connectivity index (χ4v) is 3.67. The molecule has 0 aliphatic heterocycles. The number of amides is 1. The van der Waals surface area contributed by atoms with Gasteiger partial charge in [0.1, 0.15) is 5.75 Å². The Kier molecular flexibility index (Phi) is 6.72. The molecule has 7 heteroatoms. The van der Waals surface area contributed by atoms with Gasteiger partial charge in [0.15, 0.2) is 0 Å². The van der Waals surface area contributed by atoms with Gasteiger partial charge in [-0.15, -0.1) is 0 Å². The first kappa shape index (κ1) is 21.8. The maximum Gasteiger partial charge on any atom is 0.251 e. The van der Waals surface area contributed by atoms with Gasteiger partial charge in [-0.25, -0.2) is 8.42 Å². The number of ether oxygens (including phenoxy) is 1. The zero-order chi connectivity index (χ0) is 21.1. The molecule has 2 aromatic rings. The molecule has 152 valence electrons. The topological polar surface area (TPSA) is 75.7 Å². The minimum absolute atomic E-state index is 0.129. The van der Waals surface area contributed by atoms with Crippen LogP contribution in [-0.4, -0.2) is 34.7 Å². The van der Waals surface area contributed by atoms with Gasteiger partial charge < -0.3 is 10.1 Å². The Morgan fingerprint density at radius 3 is 2.32 bits per heavy atom. The molecular weight excluding hydrogens is 376 g/mol. The van der Waals surface area contributed by atoms with Crippen molar-refractivity contribution in [3.05, 3.63) is 58.7 Å². The Bertz CT molecular complexity index is 970. The molecule has 2 aromatic carbocycles. The number of rotatable bonds is 7. The van der Waals surface area contributed by atoms with Gasteiger partial charge in [0.05, 0.1) is 25.1 Å². The van der Waals surface area contributed by atoms with E-state index in [0.29, 0.717) is 16.8 Å². The largest absolute Gasteiger partial charge is 0.496 e. The van der Waals surface area contributed by atoms with E-state index in [2.05, 4.69) is 5.32 Å². The third-order valence-corrected chi connectivity index (χ3v) is 6.02. The van der Waals surface area contributed by atoms with E-state index in [4.69, 9.17) is 4.74 Å². The number of benzene rings is 2. The molecule has 0 fully saturated rings.